The number of nitrogens with one attached hydrogen (secondary N) is 1. The van der Waals surface area contributed by atoms with Gasteiger partial charge in [-0.3, -0.25) is 4.79 Å². The van der Waals surface area contributed by atoms with Gasteiger partial charge in [0.1, 0.15) is 19.0 Å². The highest BCUT2D eigenvalue weighted by molar-refractivity contribution is 7.90. The highest BCUT2D eigenvalue weighted by Gasteiger charge is 2.12. The fourth-order valence-electron chi connectivity index (χ4n) is 2.69. The van der Waals surface area contributed by atoms with Gasteiger partial charge in [0.2, 0.25) is 5.91 Å². The van der Waals surface area contributed by atoms with Gasteiger partial charge in [-0.1, -0.05) is 6.07 Å². The van der Waals surface area contributed by atoms with Crippen molar-refractivity contribution in [2.45, 2.75) is 24.3 Å². The minimum atomic E-state index is -3.21. The van der Waals surface area contributed by atoms with Crippen molar-refractivity contribution >= 4 is 15.7 Å². The lowest BCUT2D eigenvalue weighted by Crippen LogP contribution is -2.23. The van der Waals surface area contributed by atoms with Crippen LogP contribution < -0.4 is 19.5 Å². The third-order valence-electron chi connectivity index (χ3n) is 4.17. The first-order valence-corrected chi connectivity index (χ1v) is 10.9. The van der Waals surface area contributed by atoms with Gasteiger partial charge in [-0.05, 0) is 48.4 Å². The molecule has 0 saturated heterocycles. The number of hydrogen-bond donors (Lipinski definition) is 1. The van der Waals surface area contributed by atoms with Crippen molar-refractivity contribution in [1.82, 2.24) is 5.32 Å². The molecule has 0 radical (unpaired) electrons. The van der Waals surface area contributed by atoms with Crippen LogP contribution in [0.1, 0.15) is 18.4 Å². The average Bonchev–Trinajstić information content (AvgIpc) is 2.69. The Morgan fingerprint density at radius 1 is 1.07 bits per heavy atom. The molecule has 1 heterocycles. The standard InChI is InChI=1S/C20H23NO6S/c1-28(23,24)17-7-5-16(6-8-17)25-10-2-3-20(22)21-14-15-4-9-18-19(13-15)27-12-11-26-18/h4-9,13H,2-3,10-12,14H2,1H3,(H,21,22). The largest absolute Gasteiger partial charge is 0.494 e. The van der Waals surface area contributed by atoms with Crippen LogP contribution in [-0.2, 0) is 21.2 Å². The quantitative estimate of drug-likeness (QED) is 0.678. The highest BCUT2D eigenvalue weighted by atomic mass is 32.2. The van der Waals surface area contributed by atoms with Crippen molar-refractivity contribution in [3.8, 4) is 17.2 Å². The Bertz CT molecular complexity index is 924. The minimum Gasteiger partial charge on any atom is -0.494 e. The molecule has 7 nitrogen and oxygen atoms in total. The van der Waals surface area contributed by atoms with Crippen molar-refractivity contribution < 1.29 is 27.4 Å². The molecule has 1 amide bonds. The van der Waals surface area contributed by atoms with Gasteiger partial charge >= 0.3 is 0 Å². The summed E-state index contributed by atoms with van der Waals surface area (Å²) in [6, 6.07) is 11.8. The van der Waals surface area contributed by atoms with Crippen LogP contribution in [0.25, 0.3) is 0 Å². The fraction of sp³-hybridized carbons (Fsp3) is 0.350. The van der Waals surface area contributed by atoms with E-state index in [0.717, 1.165) is 17.6 Å². The summed E-state index contributed by atoms with van der Waals surface area (Å²) in [5.41, 5.74) is 0.944. The summed E-state index contributed by atoms with van der Waals surface area (Å²) < 4.78 is 39.4. The Labute approximate surface area is 164 Å². The number of rotatable bonds is 8. The second kappa shape index (κ2) is 8.97. The predicted octanol–water partition coefficient (Wildman–Crippen LogP) is 2.34. The van der Waals surface area contributed by atoms with Gasteiger partial charge in [0, 0.05) is 19.2 Å². The minimum absolute atomic E-state index is 0.0640. The monoisotopic (exact) mass is 405 g/mol. The van der Waals surface area contributed by atoms with Crippen LogP contribution in [-0.4, -0.2) is 40.4 Å². The molecule has 0 aromatic heterocycles. The van der Waals surface area contributed by atoms with Gasteiger partial charge in [-0.25, -0.2) is 8.42 Å². The maximum Gasteiger partial charge on any atom is 0.220 e. The Morgan fingerprint density at radius 2 is 1.79 bits per heavy atom. The molecule has 1 aliphatic heterocycles. The second-order valence-corrected chi connectivity index (χ2v) is 8.47. The van der Waals surface area contributed by atoms with Crippen molar-refractivity contribution in [2.24, 2.45) is 0 Å². The number of amides is 1. The summed E-state index contributed by atoms with van der Waals surface area (Å²) in [5, 5.41) is 2.87. The van der Waals surface area contributed by atoms with E-state index in [4.69, 9.17) is 14.2 Å². The molecule has 0 spiro atoms. The molecule has 28 heavy (non-hydrogen) atoms. The lowest BCUT2D eigenvalue weighted by atomic mass is 10.2. The van der Waals surface area contributed by atoms with Crippen molar-refractivity contribution in [3.05, 3.63) is 48.0 Å². The molecule has 0 atom stereocenters. The van der Waals surface area contributed by atoms with E-state index >= 15 is 0 Å². The van der Waals surface area contributed by atoms with Crippen LogP contribution in [0.2, 0.25) is 0 Å². The fourth-order valence-corrected chi connectivity index (χ4v) is 3.32. The van der Waals surface area contributed by atoms with Gasteiger partial charge in [-0.2, -0.15) is 0 Å². The summed E-state index contributed by atoms with van der Waals surface area (Å²) in [5.74, 6) is 1.94. The molecule has 0 bridgehead atoms. The topological polar surface area (TPSA) is 90.9 Å². The van der Waals surface area contributed by atoms with Crippen molar-refractivity contribution in [2.75, 3.05) is 26.1 Å². The van der Waals surface area contributed by atoms with Gasteiger partial charge in [0.15, 0.2) is 21.3 Å². The Balaban J connectivity index is 1.37. The van der Waals surface area contributed by atoms with E-state index in [9.17, 15) is 13.2 Å². The molecule has 0 unspecified atom stereocenters. The number of hydrogen-bond acceptors (Lipinski definition) is 6. The SMILES string of the molecule is CS(=O)(=O)c1ccc(OCCCC(=O)NCc2ccc3c(c2)OCCO3)cc1. The zero-order chi connectivity index (χ0) is 20.0. The van der Waals surface area contributed by atoms with Crippen molar-refractivity contribution in [3.63, 3.8) is 0 Å². The third-order valence-corrected chi connectivity index (χ3v) is 5.29. The van der Waals surface area contributed by atoms with E-state index in [1.807, 2.05) is 18.2 Å². The molecule has 0 fully saturated rings. The summed E-state index contributed by atoms with van der Waals surface area (Å²) in [4.78, 5) is 12.2. The summed E-state index contributed by atoms with van der Waals surface area (Å²) in [6.45, 7) is 1.87. The summed E-state index contributed by atoms with van der Waals surface area (Å²) in [6.07, 6.45) is 2.05. The molecule has 150 valence electrons. The summed E-state index contributed by atoms with van der Waals surface area (Å²) >= 11 is 0. The van der Waals surface area contributed by atoms with Crippen molar-refractivity contribution in [1.29, 1.82) is 0 Å². The molecule has 2 aromatic carbocycles. The van der Waals surface area contributed by atoms with Crippen LogP contribution in [0.4, 0.5) is 0 Å². The lowest BCUT2D eigenvalue weighted by Gasteiger charge is -2.19. The number of ether oxygens (including phenoxy) is 3. The highest BCUT2D eigenvalue weighted by Crippen LogP contribution is 2.30. The van der Waals surface area contributed by atoms with Crippen LogP contribution in [0.5, 0.6) is 17.2 Å². The number of carbonyl (C=O) groups is 1. The van der Waals surface area contributed by atoms with Crippen LogP contribution in [0.15, 0.2) is 47.4 Å². The van der Waals surface area contributed by atoms with Gasteiger partial charge in [-0.15, -0.1) is 0 Å². The maximum atomic E-state index is 12.0. The van der Waals surface area contributed by atoms with Gasteiger partial charge in [0.05, 0.1) is 11.5 Å². The van der Waals surface area contributed by atoms with Crippen LogP contribution >= 0.6 is 0 Å². The molecule has 0 saturated carbocycles. The Hall–Kier alpha value is -2.74. The first-order chi connectivity index (χ1) is 13.4. The smallest absolute Gasteiger partial charge is 0.220 e. The normalized spacial score (nSPS) is 13.0. The van der Waals surface area contributed by atoms with Gasteiger partial charge < -0.3 is 19.5 Å². The first kappa shape index (κ1) is 20.0. The Kier molecular flexibility index (Phi) is 6.41. The lowest BCUT2D eigenvalue weighted by molar-refractivity contribution is -0.121. The molecule has 0 aliphatic carbocycles. The van der Waals surface area contributed by atoms with E-state index in [0.29, 0.717) is 50.7 Å². The number of sulfone groups is 1. The predicted molar refractivity (Wildman–Crippen MR) is 104 cm³/mol. The first-order valence-electron chi connectivity index (χ1n) is 9.00. The van der Waals surface area contributed by atoms with E-state index in [2.05, 4.69) is 5.32 Å². The average molecular weight is 405 g/mol. The molecule has 8 heteroatoms. The van der Waals surface area contributed by atoms with E-state index < -0.39 is 9.84 Å². The molecule has 2 aromatic rings. The maximum absolute atomic E-state index is 12.0. The molecule has 1 N–H and O–H groups in total. The molecule has 3 rings (SSSR count). The Morgan fingerprint density at radius 3 is 2.50 bits per heavy atom. The zero-order valence-electron chi connectivity index (χ0n) is 15.6. The third kappa shape index (κ3) is 5.63. The van der Waals surface area contributed by atoms with Crippen LogP contribution in [0.3, 0.4) is 0 Å². The van der Waals surface area contributed by atoms with E-state index in [1.54, 1.807) is 12.1 Å². The number of fused-ring (bicyclic) bond motifs is 1. The molecular weight excluding hydrogens is 382 g/mol. The van der Waals surface area contributed by atoms with E-state index in [-0.39, 0.29) is 10.8 Å². The van der Waals surface area contributed by atoms with E-state index in [1.165, 1.54) is 12.1 Å². The number of benzene rings is 2. The van der Waals surface area contributed by atoms with Crippen LogP contribution in [0, 0.1) is 0 Å². The molecular formula is C20H23NO6S. The summed E-state index contributed by atoms with van der Waals surface area (Å²) in [7, 11) is -3.21. The van der Waals surface area contributed by atoms with Gasteiger partial charge in [0.25, 0.3) is 0 Å². The number of carbonyl (C=O) groups excluding carboxylic acids is 1. The second-order valence-electron chi connectivity index (χ2n) is 6.45. The zero-order valence-corrected chi connectivity index (χ0v) is 16.5. The molecule has 1 aliphatic rings.